The highest BCUT2D eigenvalue weighted by molar-refractivity contribution is 5.82. The molecule has 0 aliphatic carbocycles. The number of nitrogens with zero attached hydrogens (tertiary/aromatic N) is 5. The molecule has 8 nitrogen and oxygen atoms in total. The number of tetrazole rings is 1. The summed E-state index contributed by atoms with van der Waals surface area (Å²) < 4.78 is 7.16. The molecule has 3 aromatic carbocycles. The van der Waals surface area contributed by atoms with Gasteiger partial charge in [-0.05, 0) is 84.0 Å². The minimum atomic E-state index is -0.108. The van der Waals surface area contributed by atoms with Crippen LogP contribution in [-0.2, 0) is 19.6 Å². The number of rotatable bonds is 10. The lowest BCUT2D eigenvalue weighted by molar-refractivity contribution is 0.161. The van der Waals surface area contributed by atoms with E-state index in [0.717, 1.165) is 45.6 Å². The average Bonchev–Trinajstić information content (AvgIpc) is 3.39. The molecule has 2 aromatic heterocycles. The van der Waals surface area contributed by atoms with E-state index in [1.54, 1.807) is 7.11 Å². The minimum absolute atomic E-state index is 0.0685. The summed E-state index contributed by atoms with van der Waals surface area (Å²) in [5.41, 5.74) is 7.23. The van der Waals surface area contributed by atoms with Crippen molar-refractivity contribution in [1.29, 1.82) is 0 Å². The topological polar surface area (TPSA) is 88.9 Å². The van der Waals surface area contributed by atoms with Gasteiger partial charge in [0.2, 0.25) is 0 Å². The fourth-order valence-corrected chi connectivity index (χ4v) is 5.34. The molecule has 0 aliphatic heterocycles. The van der Waals surface area contributed by atoms with Crippen molar-refractivity contribution in [3.8, 4) is 5.75 Å². The van der Waals surface area contributed by atoms with E-state index in [-0.39, 0.29) is 11.6 Å². The number of nitrogens with one attached hydrogen (secondary N) is 1. The van der Waals surface area contributed by atoms with Crippen LogP contribution in [0, 0.1) is 20.8 Å². The van der Waals surface area contributed by atoms with Gasteiger partial charge in [0.25, 0.3) is 5.56 Å². The van der Waals surface area contributed by atoms with Crippen LogP contribution in [0.1, 0.15) is 58.6 Å². The van der Waals surface area contributed by atoms with Crippen LogP contribution in [0.5, 0.6) is 5.75 Å². The van der Waals surface area contributed by atoms with Crippen LogP contribution in [0.4, 0.5) is 0 Å². The smallest absolute Gasteiger partial charge is 0.252 e. The maximum Gasteiger partial charge on any atom is 0.252 e. The van der Waals surface area contributed by atoms with Gasteiger partial charge in [-0.3, -0.25) is 9.69 Å². The zero-order valence-electron chi connectivity index (χ0n) is 23.8. The summed E-state index contributed by atoms with van der Waals surface area (Å²) in [5.74, 6) is 1.58. The van der Waals surface area contributed by atoms with Gasteiger partial charge in [0.1, 0.15) is 5.75 Å². The predicted molar refractivity (Wildman–Crippen MR) is 157 cm³/mol. The normalized spacial score (nSPS) is 12.2. The third-order valence-electron chi connectivity index (χ3n) is 7.43. The number of methoxy groups -OCH3 is 1. The molecule has 0 amide bonds. The Bertz CT molecular complexity index is 1650. The van der Waals surface area contributed by atoms with Crippen LogP contribution in [0.15, 0.2) is 71.5 Å². The van der Waals surface area contributed by atoms with Gasteiger partial charge in [-0.25, -0.2) is 4.68 Å². The Balaban J connectivity index is 1.52. The lowest BCUT2D eigenvalue weighted by Gasteiger charge is -2.30. The van der Waals surface area contributed by atoms with Crippen molar-refractivity contribution in [2.75, 3.05) is 7.11 Å². The largest absolute Gasteiger partial charge is 0.497 e. The number of benzene rings is 3. The maximum absolute atomic E-state index is 13.3. The molecule has 1 atom stereocenters. The summed E-state index contributed by atoms with van der Waals surface area (Å²) in [6.07, 6.45) is 0.776. The van der Waals surface area contributed by atoms with Crippen LogP contribution < -0.4 is 10.3 Å². The molecule has 8 heteroatoms. The molecule has 0 fully saturated rings. The lowest BCUT2D eigenvalue weighted by atomic mass is 10.0. The average molecular weight is 537 g/mol. The van der Waals surface area contributed by atoms with Crippen molar-refractivity contribution < 1.29 is 4.74 Å². The van der Waals surface area contributed by atoms with Crippen molar-refractivity contribution >= 4 is 10.9 Å². The van der Waals surface area contributed by atoms with E-state index in [2.05, 4.69) is 82.6 Å². The summed E-state index contributed by atoms with van der Waals surface area (Å²) in [5, 5.41) is 13.9. The van der Waals surface area contributed by atoms with Gasteiger partial charge < -0.3 is 9.72 Å². The second-order valence-corrected chi connectivity index (χ2v) is 10.5. The Morgan fingerprint density at radius 3 is 2.35 bits per heavy atom. The van der Waals surface area contributed by atoms with Crippen molar-refractivity contribution in [2.45, 2.75) is 59.8 Å². The first-order valence-electron chi connectivity index (χ1n) is 13.7. The van der Waals surface area contributed by atoms with Crippen molar-refractivity contribution in [3.05, 3.63) is 116 Å². The molecule has 1 N–H and O–H groups in total. The molecule has 1 unspecified atom stereocenters. The van der Waals surface area contributed by atoms with Crippen LogP contribution in [0.3, 0.4) is 0 Å². The van der Waals surface area contributed by atoms with E-state index < -0.39 is 0 Å². The number of aromatic nitrogens is 5. The predicted octanol–water partition coefficient (Wildman–Crippen LogP) is 5.65. The van der Waals surface area contributed by atoms with Crippen LogP contribution in [0.2, 0.25) is 0 Å². The molecule has 2 heterocycles. The summed E-state index contributed by atoms with van der Waals surface area (Å²) in [6, 6.07) is 22.6. The first-order valence-corrected chi connectivity index (χ1v) is 13.7. The molecular weight excluding hydrogens is 500 g/mol. The molecule has 0 bridgehead atoms. The van der Waals surface area contributed by atoms with E-state index in [9.17, 15) is 4.79 Å². The second kappa shape index (κ2) is 11.8. The number of fused-ring (bicyclic) bond motifs is 1. The number of hydrogen-bond donors (Lipinski definition) is 1. The second-order valence-electron chi connectivity index (χ2n) is 10.5. The standard InChI is InChI=1S/C32H36N6O2/c1-6-29(31-34-35-36-38(31)19-25-11-13-28(40-5)14-12-25)37(18-24-9-7-21(2)8-10-24)20-27-17-26-16-22(3)15-23(4)30(26)33-32(27)39/h7-17,29H,6,18-20H2,1-5H3,(H,33,39). The number of pyridine rings is 1. The SMILES string of the molecule is CCC(c1nnnn1Cc1ccc(OC)cc1)N(Cc1ccc(C)cc1)Cc1cc2cc(C)cc(C)c2[nH]c1=O. The molecule has 0 aliphatic rings. The molecule has 0 radical (unpaired) electrons. The molecule has 0 saturated heterocycles. The van der Waals surface area contributed by atoms with Crippen molar-refractivity contribution in [2.24, 2.45) is 0 Å². The third kappa shape index (κ3) is 5.97. The third-order valence-corrected chi connectivity index (χ3v) is 7.43. The Morgan fingerprint density at radius 1 is 0.925 bits per heavy atom. The highest BCUT2D eigenvalue weighted by Crippen LogP contribution is 2.28. The van der Waals surface area contributed by atoms with Gasteiger partial charge in [-0.15, -0.1) is 5.10 Å². The molecule has 206 valence electrons. The maximum atomic E-state index is 13.3. The Labute approximate surface area is 234 Å². The highest BCUT2D eigenvalue weighted by Gasteiger charge is 2.26. The Hall–Kier alpha value is -4.30. The number of aromatic amines is 1. The van der Waals surface area contributed by atoms with Gasteiger partial charge in [-0.2, -0.15) is 0 Å². The monoisotopic (exact) mass is 536 g/mol. The Kier molecular flexibility index (Phi) is 8.07. The van der Waals surface area contributed by atoms with Crippen molar-refractivity contribution in [1.82, 2.24) is 30.1 Å². The first kappa shape index (κ1) is 27.3. The van der Waals surface area contributed by atoms with Gasteiger partial charge in [-0.1, -0.05) is 60.5 Å². The number of ether oxygens (including phenoxy) is 1. The molecule has 0 saturated carbocycles. The minimum Gasteiger partial charge on any atom is -0.497 e. The summed E-state index contributed by atoms with van der Waals surface area (Å²) in [6.45, 7) is 9.98. The molecular formula is C32H36N6O2. The fourth-order valence-electron chi connectivity index (χ4n) is 5.34. The first-order chi connectivity index (χ1) is 19.3. The molecule has 40 heavy (non-hydrogen) atoms. The van der Waals surface area contributed by atoms with E-state index in [4.69, 9.17) is 4.74 Å². The Morgan fingerprint density at radius 2 is 1.65 bits per heavy atom. The van der Waals surface area contributed by atoms with Gasteiger partial charge >= 0.3 is 0 Å². The van der Waals surface area contributed by atoms with Crippen LogP contribution in [0.25, 0.3) is 10.9 Å². The molecule has 5 rings (SSSR count). The zero-order valence-corrected chi connectivity index (χ0v) is 23.8. The van der Waals surface area contributed by atoms with E-state index in [1.165, 1.54) is 16.7 Å². The molecule has 5 aromatic rings. The van der Waals surface area contributed by atoms with E-state index in [1.807, 2.05) is 41.9 Å². The van der Waals surface area contributed by atoms with E-state index in [0.29, 0.717) is 19.6 Å². The fraction of sp³-hybridized carbons (Fsp3) is 0.312. The quantitative estimate of drug-likeness (QED) is 0.248. The van der Waals surface area contributed by atoms with Gasteiger partial charge in [0, 0.05) is 18.7 Å². The zero-order chi connectivity index (χ0) is 28.2. The van der Waals surface area contributed by atoms with Gasteiger partial charge in [0.15, 0.2) is 5.82 Å². The van der Waals surface area contributed by atoms with Crippen molar-refractivity contribution in [3.63, 3.8) is 0 Å². The highest BCUT2D eigenvalue weighted by atomic mass is 16.5. The van der Waals surface area contributed by atoms with Crippen LogP contribution >= 0.6 is 0 Å². The summed E-state index contributed by atoms with van der Waals surface area (Å²) in [7, 11) is 1.66. The van der Waals surface area contributed by atoms with Crippen LogP contribution in [-0.4, -0.2) is 37.2 Å². The number of hydrogen-bond acceptors (Lipinski definition) is 6. The number of H-pyrrole nitrogens is 1. The van der Waals surface area contributed by atoms with E-state index >= 15 is 0 Å². The summed E-state index contributed by atoms with van der Waals surface area (Å²) in [4.78, 5) is 18.8. The lowest BCUT2D eigenvalue weighted by Crippen LogP contribution is -2.32. The molecule has 0 spiro atoms. The summed E-state index contributed by atoms with van der Waals surface area (Å²) >= 11 is 0. The van der Waals surface area contributed by atoms with Gasteiger partial charge in [0.05, 0.1) is 25.2 Å². The number of aryl methyl sites for hydroxylation is 3.